The summed E-state index contributed by atoms with van der Waals surface area (Å²) in [6, 6.07) is 7.10. The fourth-order valence-corrected chi connectivity index (χ4v) is 3.98. The molecule has 1 aliphatic carbocycles. The molecular weight excluding hydrogens is 330 g/mol. The Balaban J connectivity index is 1.92. The monoisotopic (exact) mass is 357 g/mol. The summed E-state index contributed by atoms with van der Waals surface area (Å²) < 4.78 is 2.59. The Hall–Kier alpha value is -2.37. The summed E-state index contributed by atoms with van der Waals surface area (Å²) in [5.41, 5.74) is -0.233. The molecule has 1 heterocycles. The van der Waals surface area contributed by atoms with Crippen molar-refractivity contribution < 1.29 is 4.79 Å². The van der Waals surface area contributed by atoms with E-state index in [1.54, 1.807) is 31.2 Å². The van der Waals surface area contributed by atoms with E-state index in [4.69, 9.17) is 0 Å². The van der Waals surface area contributed by atoms with Crippen LogP contribution in [0.4, 0.5) is 0 Å². The molecular formula is C20H27N3O3. The molecule has 1 aromatic heterocycles. The van der Waals surface area contributed by atoms with Gasteiger partial charge in [-0.05, 0) is 37.3 Å². The highest BCUT2D eigenvalue weighted by atomic mass is 16.2. The molecule has 3 rings (SSSR count). The summed E-state index contributed by atoms with van der Waals surface area (Å²) in [6.45, 7) is 6.36. The number of hydrogen-bond donors (Lipinski definition) is 1. The number of rotatable bonds is 4. The Morgan fingerprint density at radius 1 is 1.15 bits per heavy atom. The third kappa shape index (κ3) is 3.32. The first-order valence-electron chi connectivity index (χ1n) is 9.45. The second-order valence-corrected chi connectivity index (χ2v) is 7.38. The van der Waals surface area contributed by atoms with Crippen molar-refractivity contribution in [3.05, 3.63) is 45.1 Å². The van der Waals surface area contributed by atoms with Crippen molar-refractivity contribution in [2.45, 2.75) is 59.2 Å². The smallest absolute Gasteiger partial charge is 0.331 e. The van der Waals surface area contributed by atoms with Gasteiger partial charge < -0.3 is 5.32 Å². The molecule has 3 atom stereocenters. The molecule has 0 radical (unpaired) electrons. The average molecular weight is 357 g/mol. The zero-order valence-corrected chi connectivity index (χ0v) is 15.7. The van der Waals surface area contributed by atoms with Crippen LogP contribution in [-0.4, -0.2) is 21.1 Å². The van der Waals surface area contributed by atoms with E-state index in [0.717, 1.165) is 12.8 Å². The number of aromatic nitrogens is 2. The SMILES string of the molecule is CCn1c(=O)c2ccccc2n(CC(=O)NC2CCCC(C)C2C)c1=O. The van der Waals surface area contributed by atoms with Crippen LogP contribution in [0.3, 0.4) is 0 Å². The number of amides is 1. The number of hydrogen-bond acceptors (Lipinski definition) is 3. The Labute approximate surface area is 152 Å². The molecule has 6 heteroatoms. The summed E-state index contributed by atoms with van der Waals surface area (Å²) in [7, 11) is 0. The van der Waals surface area contributed by atoms with Gasteiger partial charge >= 0.3 is 5.69 Å². The molecule has 1 aliphatic rings. The fraction of sp³-hybridized carbons (Fsp3) is 0.550. The molecule has 140 valence electrons. The first-order valence-corrected chi connectivity index (χ1v) is 9.45. The molecule has 1 aromatic carbocycles. The lowest BCUT2D eigenvalue weighted by molar-refractivity contribution is -0.123. The van der Waals surface area contributed by atoms with E-state index in [0.29, 0.717) is 22.7 Å². The van der Waals surface area contributed by atoms with Crippen LogP contribution in [0.15, 0.2) is 33.9 Å². The van der Waals surface area contributed by atoms with Gasteiger partial charge in [-0.15, -0.1) is 0 Å². The van der Waals surface area contributed by atoms with Gasteiger partial charge in [-0.2, -0.15) is 0 Å². The van der Waals surface area contributed by atoms with E-state index >= 15 is 0 Å². The molecule has 0 spiro atoms. The molecule has 1 fully saturated rings. The predicted octanol–water partition coefficient (Wildman–Crippen LogP) is 2.12. The largest absolute Gasteiger partial charge is 0.352 e. The van der Waals surface area contributed by atoms with Crippen LogP contribution >= 0.6 is 0 Å². The van der Waals surface area contributed by atoms with Gasteiger partial charge in [0.15, 0.2) is 0 Å². The molecule has 0 aliphatic heterocycles. The molecule has 0 bridgehead atoms. The second kappa shape index (κ2) is 7.48. The first kappa shape index (κ1) is 18.4. The quantitative estimate of drug-likeness (QED) is 0.911. The average Bonchev–Trinajstić information content (AvgIpc) is 2.63. The zero-order chi connectivity index (χ0) is 18.8. The van der Waals surface area contributed by atoms with Gasteiger partial charge in [0, 0.05) is 12.6 Å². The fourth-order valence-electron chi connectivity index (χ4n) is 3.98. The lowest BCUT2D eigenvalue weighted by Gasteiger charge is -2.34. The van der Waals surface area contributed by atoms with Crippen molar-refractivity contribution in [2.75, 3.05) is 0 Å². The van der Waals surface area contributed by atoms with Crippen molar-refractivity contribution in [2.24, 2.45) is 11.8 Å². The summed E-state index contributed by atoms with van der Waals surface area (Å²) in [5.74, 6) is 0.829. The Morgan fingerprint density at radius 3 is 2.62 bits per heavy atom. The number of fused-ring (bicyclic) bond motifs is 1. The minimum atomic E-state index is -0.434. The topological polar surface area (TPSA) is 73.1 Å². The Bertz CT molecular complexity index is 928. The van der Waals surface area contributed by atoms with Crippen molar-refractivity contribution in [1.82, 2.24) is 14.5 Å². The van der Waals surface area contributed by atoms with Gasteiger partial charge in [-0.3, -0.25) is 18.7 Å². The van der Waals surface area contributed by atoms with E-state index in [1.807, 2.05) is 0 Å². The van der Waals surface area contributed by atoms with Crippen LogP contribution in [-0.2, 0) is 17.9 Å². The maximum atomic E-state index is 12.7. The Morgan fingerprint density at radius 2 is 1.88 bits per heavy atom. The van der Waals surface area contributed by atoms with Gasteiger partial charge in [0.05, 0.1) is 10.9 Å². The van der Waals surface area contributed by atoms with Crippen LogP contribution in [0.25, 0.3) is 10.9 Å². The van der Waals surface area contributed by atoms with Crippen molar-refractivity contribution in [3.8, 4) is 0 Å². The molecule has 0 saturated heterocycles. The van der Waals surface area contributed by atoms with Crippen LogP contribution in [0.1, 0.15) is 40.0 Å². The predicted molar refractivity (Wildman–Crippen MR) is 102 cm³/mol. The zero-order valence-electron chi connectivity index (χ0n) is 15.7. The minimum absolute atomic E-state index is 0.0722. The third-order valence-electron chi connectivity index (χ3n) is 5.80. The van der Waals surface area contributed by atoms with Crippen LogP contribution < -0.4 is 16.6 Å². The maximum absolute atomic E-state index is 12.7. The molecule has 26 heavy (non-hydrogen) atoms. The van der Waals surface area contributed by atoms with Crippen molar-refractivity contribution in [3.63, 3.8) is 0 Å². The maximum Gasteiger partial charge on any atom is 0.331 e. The summed E-state index contributed by atoms with van der Waals surface area (Å²) in [6.07, 6.45) is 3.28. The van der Waals surface area contributed by atoms with E-state index in [2.05, 4.69) is 19.2 Å². The molecule has 3 unspecified atom stereocenters. The third-order valence-corrected chi connectivity index (χ3v) is 5.80. The van der Waals surface area contributed by atoms with Gasteiger partial charge in [-0.1, -0.05) is 38.8 Å². The standard InChI is InChI=1S/C20H27N3O3/c1-4-22-19(25)15-9-5-6-11-17(15)23(20(22)26)12-18(24)21-16-10-7-8-13(2)14(16)3/h5-6,9,11,13-14,16H,4,7-8,10,12H2,1-3H3,(H,21,24). The van der Waals surface area contributed by atoms with Crippen molar-refractivity contribution >= 4 is 16.8 Å². The van der Waals surface area contributed by atoms with Gasteiger partial charge in [-0.25, -0.2) is 4.79 Å². The summed E-state index contributed by atoms with van der Waals surface area (Å²) in [4.78, 5) is 37.8. The van der Waals surface area contributed by atoms with Crippen molar-refractivity contribution in [1.29, 1.82) is 0 Å². The molecule has 1 saturated carbocycles. The highest BCUT2D eigenvalue weighted by Crippen LogP contribution is 2.29. The van der Waals surface area contributed by atoms with E-state index in [9.17, 15) is 14.4 Å². The van der Waals surface area contributed by atoms with Crippen LogP contribution in [0.2, 0.25) is 0 Å². The lowest BCUT2D eigenvalue weighted by Crippen LogP contribution is -2.47. The number of para-hydroxylation sites is 1. The lowest BCUT2D eigenvalue weighted by atomic mass is 9.78. The van der Waals surface area contributed by atoms with Gasteiger partial charge in [0.25, 0.3) is 5.56 Å². The normalized spacial score (nSPS) is 23.1. The molecule has 2 aromatic rings. The van der Waals surface area contributed by atoms with E-state index in [1.165, 1.54) is 15.6 Å². The molecule has 1 N–H and O–H groups in total. The van der Waals surface area contributed by atoms with Crippen LogP contribution in [0.5, 0.6) is 0 Å². The van der Waals surface area contributed by atoms with Gasteiger partial charge in [0.2, 0.25) is 5.91 Å². The number of carbonyl (C=O) groups is 1. The number of benzene rings is 1. The number of nitrogens with one attached hydrogen (secondary N) is 1. The second-order valence-electron chi connectivity index (χ2n) is 7.38. The Kier molecular flexibility index (Phi) is 5.30. The van der Waals surface area contributed by atoms with Gasteiger partial charge in [0.1, 0.15) is 6.54 Å². The highest BCUT2D eigenvalue weighted by molar-refractivity contribution is 5.81. The van der Waals surface area contributed by atoms with Crippen LogP contribution in [0, 0.1) is 11.8 Å². The summed E-state index contributed by atoms with van der Waals surface area (Å²) in [5, 5.41) is 3.57. The molecule has 1 amide bonds. The number of nitrogens with zero attached hydrogens (tertiary/aromatic N) is 2. The summed E-state index contributed by atoms with van der Waals surface area (Å²) >= 11 is 0. The first-order chi connectivity index (χ1) is 12.4. The number of carbonyl (C=O) groups excluding carboxylic acids is 1. The molecule has 6 nitrogen and oxygen atoms in total. The van der Waals surface area contributed by atoms with E-state index < -0.39 is 5.69 Å². The van der Waals surface area contributed by atoms with E-state index in [-0.39, 0.29) is 30.6 Å². The minimum Gasteiger partial charge on any atom is -0.352 e. The highest BCUT2D eigenvalue weighted by Gasteiger charge is 2.28.